The third-order valence-corrected chi connectivity index (χ3v) is 4.31. The van der Waals surface area contributed by atoms with Crippen LogP contribution in [-0.4, -0.2) is 31.1 Å². The molecule has 3 rings (SSSR count). The van der Waals surface area contributed by atoms with E-state index in [4.69, 9.17) is 5.26 Å². The highest BCUT2D eigenvalue weighted by atomic mass is 19.1. The topological polar surface area (TPSA) is 30.3 Å². The number of halogens is 1. The number of piperazine rings is 1. The smallest absolute Gasteiger partial charge is 0.127 e. The summed E-state index contributed by atoms with van der Waals surface area (Å²) in [5.74, 6) is -0.231. The van der Waals surface area contributed by atoms with Crippen LogP contribution in [0.4, 0.5) is 10.1 Å². The predicted molar refractivity (Wildman–Crippen MR) is 89.8 cm³/mol. The minimum atomic E-state index is -0.231. The molecule has 0 radical (unpaired) electrons. The van der Waals surface area contributed by atoms with Crippen LogP contribution in [0.5, 0.6) is 0 Å². The van der Waals surface area contributed by atoms with Gasteiger partial charge in [0.15, 0.2) is 0 Å². The second-order valence-corrected chi connectivity index (χ2v) is 6.02. The van der Waals surface area contributed by atoms with Gasteiger partial charge in [-0.15, -0.1) is 0 Å². The van der Waals surface area contributed by atoms with Crippen molar-refractivity contribution in [3.8, 4) is 6.07 Å². The van der Waals surface area contributed by atoms with E-state index in [1.165, 1.54) is 23.4 Å². The first-order valence-corrected chi connectivity index (χ1v) is 7.88. The maximum atomic E-state index is 13.9. The summed E-state index contributed by atoms with van der Waals surface area (Å²) in [6.07, 6.45) is 0. The molecule has 1 aliphatic heterocycles. The second-order valence-electron chi connectivity index (χ2n) is 6.02. The maximum absolute atomic E-state index is 13.9. The average Bonchev–Trinajstić information content (AvgIpc) is 2.57. The number of aryl methyl sites for hydroxylation is 1. The van der Waals surface area contributed by atoms with Gasteiger partial charge in [0, 0.05) is 44.0 Å². The first-order chi connectivity index (χ1) is 11.2. The van der Waals surface area contributed by atoms with E-state index in [-0.39, 0.29) is 5.82 Å². The number of anilines is 1. The van der Waals surface area contributed by atoms with Crippen molar-refractivity contribution in [2.75, 3.05) is 31.1 Å². The maximum Gasteiger partial charge on any atom is 0.127 e. The predicted octanol–water partition coefficient (Wildman–Crippen LogP) is 3.33. The minimum absolute atomic E-state index is 0.231. The lowest BCUT2D eigenvalue weighted by molar-refractivity contribution is 0.246. The Morgan fingerprint density at radius 1 is 1.09 bits per heavy atom. The van der Waals surface area contributed by atoms with E-state index in [1.54, 1.807) is 6.07 Å². The number of nitriles is 1. The summed E-state index contributed by atoms with van der Waals surface area (Å²) in [6, 6.07) is 15.2. The summed E-state index contributed by atoms with van der Waals surface area (Å²) in [6.45, 7) is 6.31. The van der Waals surface area contributed by atoms with Crippen molar-refractivity contribution < 1.29 is 4.39 Å². The Kier molecular flexibility index (Phi) is 4.59. The highest BCUT2D eigenvalue weighted by Gasteiger charge is 2.18. The van der Waals surface area contributed by atoms with Gasteiger partial charge in [-0.05, 0) is 42.8 Å². The Labute approximate surface area is 136 Å². The van der Waals surface area contributed by atoms with Crippen molar-refractivity contribution in [2.24, 2.45) is 0 Å². The van der Waals surface area contributed by atoms with Gasteiger partial charge >= 0.3 is 0 Å². The van der Waals surface area contributed by atoms with E-state index < -0.39 is 0 Å². The van der Waals surface area contributed by atoms with E-state index in [2.05, 4.69) is 47.1 Å². The van der Waals surface area contributed by atoms with Crippen molar-refractivity contribution in [2.45, 2.75) is 13.5 Å². The molecule has 2 aromatic rings. The number of benzene rings is 2. The van der Waals surface area contributed by atoms with Crippen LogP contribution in [0, 0.1) is 24.1 Å². The van der Waals surface area contributed by atoms with E-state index in [0.29, 0.717) is 17.7 Å². The number of nitrogens with zero attached hydrogens (tertiary/aromatic N) is 3. The zero-order chi connectivity index (χ0) is 16.2. The Balaban J connectivity index is 1.62. The fourth-order valence-corrected chi connectivity index (χ4v) is 3.00. The van der Waals surface area contributed by atoms with Gasteiger partial charge in [0.2, 0.25) is 0 Å². The molecule has 4 heteroatoms. The lowest BCUT2D eigenvalue weighted by Crippen LogP contribution is -2.46. The molecule has 2 aromatic carbocycles. The van der Waals surface area contributed by atoms with Gasteiger partial charge < -0.3 is 4.90 Å². The zero-order valence-corrected chi connectivity index (χ0v) is 13.3. The lowest BCUT2D eigenvalue weighted by Gasteiger charge is -2.36. The van der Waals surface area contributed by atoms with Crippen molar-refractivity contribution in [3.63, 3.8) is 0 Å². The fourth-order valence-electron chi connectivity index (χ4n) is 3.00. The molecule has 0 aliphatic carbocycles. The van der Waals surface area contributed by atoms with Crippen molar-refractivity contribution in [1.82, 2.24) is 4.90 Å². The molecule has 0 bridgehead atoms. The summed E-state index contributed by atoms with van der Waals surface area (Å²) in [5, 5.41) is 8.95. The molecule has 0 saturated carbocycles. The van der Waals surface area contributed by atoms with Crippen molar-refractivity contribution in [1.29, 1.82) is 5.26 Å². The van der Waals surface area contributed by atoms with Crippen LogP contribution in [0.1, 0.15) is 16.7 Å². The SMILES string of the molecule is Cc1cccc(N2CCN(Cc3cc(C#N)ccc3F)CC2)c1. The summed E-state index contributed by atoms with van der Waals surface area (Å²) >= 11 is 0. The molecule has 23 heavy (non-hydrogen) atoms. The third kappa shape index (κ3) is 3.69. The monoisotopic (exact) mass is 309 g/mol. The quantitative estimate of drug-likeness (QED) is 0.871. The number of rotatable bonds is 3. The van der Waals surface area contributed by atoms with E-state index in [1.807, 2.05) is 0 Å². The Bertz CT molecular complexity index is 728. The van der Waals surface area contributed by atoms with Gasteiger partial charge in [-0.1, -0.05) is 12.1 Å². The normalized spacial score (nSPS) is 15.4. The highest BCUT2D eigenvalue weighted by Crippen LogP contribution is 2.19. The molecule has 1 fully saturated rings. The van der Waals surface area contributed by atoms with Crippen LogP contribution in [0.2, 0.25) is 0 Å². The average molecular weight is 309 g/mol. The molecule has 1 saturated heterocycles. The highest BCUT2D eigenvalue weighted by molar-refractivity contribution is 5.48. The van der Waals surface area contributed by atoms with Gasteiger partial charge in [-0.25, -0.2) is 4.39 Å². The first-order valence-electron chi connectivity index (χ1n) is 7.88. The van der Waals surface area contributed by atoms with E-state index in [0.717, 1.165) is 26.2 Å². The second kappa shape index (κ2) is 6.80. The third-order valence-electron chi connectivity index (χ3n) is 4.31. The Hall–Kier alpha value is -2.38. The molecule has 1 heterocycles. The summed E-state index contributed by atoms with van der Waals surface area (Å²) in [7, 11) is 0. The van der Waals surface area contributed by atoms with Gasteiger partial charge in [0.25, 0.3) is 0 Å². The van der Waals surface area contributed by atoms with Crippen LogP contribution in [-0.2, 0) is 6.54 Å². The molecular weight excluding hydrogens is 289 g/mol. The lowest BCUT2D eigenvalue weighted by atomic mass is 10.1. The van der Waals surface area contributed by atoms with E-state index >= 15 is 0 Å². The molecule has 118 valence electrons. The molecular formula is C19H20FN3. The molecule has 3 nitrogen and oxygen atoms in total. The van der Waals surface area contributed by atoms with Crippen molar-refractivity contribution >= 4 is 5.69 Å². The zero-order valence-electron chi connectivity index (χ0n) is 13.3. The molecule has 1 aliphatic rings. The molecule has 0 spiro atoms. The van der Waals surface area contributed by atoms with Gasteiger partial charge in [0.1, 0.15) is 5.82 Å². The van der Waals surface area contributed by atoms with Gasteiger partial charge in [-0.3, -0.25) is 4.90 Å². The minimum Gasteiger partial charge on any atom is -0.369 e. The van der Waals surface area contributed by atoms with Crippen molar-refractivity contribution in [3.05, 3.63) is 65.0 Å². The first kappa shape index (κ1) is 15.5. The number of hydrogen-bond acceptors (Lipinski definition) is 3. The van der Waals surface area contributed by atoms with Crippen LogP contribution in [0.3, 0.4) is 0 Å². The summed E-state index contributed by atoms with van der Waals surface area (Å²) in [4.78, 5) is 4.61. The standard InChI is InChI=1S/C19H20FN3/c1-15-3-2-4-18(11-15)23-9-7-22(8-10-23)14-17-12-16(13-21)5-6-19(17)20/h2-6,11-12H,7-10,14H2,1H3. The number of hydrogen-bond donors (Lipinski definition) is 0. The Morgan fingerprint density at radius 2 is 1.87 bits per heavy atom. The molecule has 0 aromatic heterocycles. The fraction of sp³-hybridized carbons (Fsp3) is 0.316. The Morgan fingerprint density at radius 3 is 2.57 bits per heavy atom. The van der Waals surface area contributed by atoms with Gasteiger partial charge in [0.05, 0.1) is 11.6 Å². The van der Waals surface area contributed by atoms with Gasteiger partial charge in [-0.2, -0.15) is 5.26 Å². The largest absolute Gasteiger partial charge is 0.369 e. The molecule has 0 N–H and O–H groups in total. The van der Waals surface area contributed by atoms with Crippen LogP contribution >= 0.6 is 0 Å². The van der Waals surface area contributed by atoms with Crippen LogP contribution < -0.4 is 4.90 Å². The molecule has 0 unspecified atom stereocenters. The summed E-state index contributed by atoms with van der Waals surface area (Å²) < 4.78 is 13.9. The van der Waals surface area contributed by atoms with Crippen LogP contribution in [0.15, 0.2) is 42.5 Å². The molecule has 0 atom stereocenters. The van der Waals surface area contributed by atoms with E-state index in [9.17, 15) is 4.39 Å². The molecule has 0 amide bonds. The summed E-state index contributed by atoms with van der Waals surface area (Å²) in [5.41, 5.74) is 3.63. The van der Waals surface area contributed by atoms with Crippen LogP contribution in [0.25, 0.3) is 0 Å².